The Morgan fingerprint density at radius 1 is 1.32 bits per heavy atom. The Hall–Kier alpha value is -2.44. The maximum atomic E-state index is 13.1. The minimum Gasteiger partial charge on any atom is -0.383 e. The number of carbonyl (C=O) groups is 1. The summed E-state index contributed by atoms with van der Waals surface area (Å²) in [6, 6.07) is 3.25. The van der Waals surface area contributed by atoms with Gasteiger partial charge in [0.1, 0.15) is 10.0 Å². The molecule has 12 heteroatoms. The van der Waals surface area contributed by atoms with E-state index in [1.807, 2.05) is 6.92 Å². The lowest BCUT2D eigenvalue weighted by Crippen LogP contribution is -2.45. The molecule has 3 rings (SSSR count). The van der Waals surface area contributed by atoms with Gasteiger partial charge >= 0.3 is 5.69 Å². The van der Waals surface area contributed by atoms with Gasteiger partial charge in [-0.25, -0.2) is 13.2 Å². The van der Waals surface area contributed by atoms with E-state index in [-0.39, 0.29) is 34.7 Å². The molecule has 2 aromatic rings. The molecule has 0 bridgehead atoms. The first-order chi connectivity index (χ1) is 14.7. The summed E-state index contributed by atoms with van der Waals surface area (Å²) in [6.45, 7) is 2.74. The maximum Gasteiger partial charge on any atom is 0.330 e. The predicted molar refractivity (Wildman–Crippen MR) is 120 cm³/mol. The molecule has 0 spiro atoms. The van der Waals surface area contributed by atoms with E-state index in [1.54, 1.807) is 17.5 Å². The zero-order valence-corrected chi connectivity index (χ0v) is 19.2. The third-order valence-electron chi connectivity index (χ3n) is 5.51. The van der Waals surface area contributed by atoms with E-state index in [9.17, 15) is 22.8 Å². The van der Waals surface area contributed by atoms with Crippen molar-refractivity contribution in [3.63, 3.8) is 0 Å². The molecule has 10 nitrogen and oxygen atoms in total. The number of sulfonamides is 1. The number of nitrogens with one attached hydrogen (secondary N) is 1. The topological polar surface area (TPSA) is 139 Å². The van der Waals surface area contributed by atoms with E-state index in [0.717, 1.165) is 17.8 Å². The Labute approximate surface area is 184 Å². The summed E-state index contributed by atoms with van der Waals surface area (Å²) in [4.78, 5) is 41.0. The van der Waals surface area contributed by atoms with Gasteiger partial charge in [-0.3, -0.25) is 19.1 Å². The third-order valence-corrected chi connectivity index (χ3v) is 8.78. The van der Waals surface area contributed by atoms with Crippen LogP contribution < -0.4 is 21.9 Å². The lowest BCUT2D eigenvalue weighted by atomic mass is 9.96. The molecule has 0 radical (unpaired) electrons. The smallest absolute Gasteiger partial charge is 0.330 e. The highest BCUT2D eigenvalue weighted by Gasteiger charge is 2.34. The molecule has 1 aliphatic heterocycles. The summed E-state index contributed by atoms with van der Waals surface area (Å²) in [7, 11) is -2.11. The Morgan fingerprint density at radius 2 is 2.00 bits per heavy atom. The van der Waals surface area contributed by atoms with Crippen LogP contribution in [0.4, 0.5) is 11.5 Å². The molecular weight excluding hydrogens is 442 g/mol. The standard InChI is InChI=1S/C19H27N5O5S2/c1-3-4-9-24-16(20)15(17(25)21-19(24)27)22(2)18(26)13-7-10-23(11-8-13)31(28,29)14-6-5-12-30-14/h5-6,12-13H,3-4,7-11,20H2,1-2H3,(H,21,25,27). The van der Waals surface area contributed by atoms with Crippen molar-refractivity contribution in [3.05, 3.63) is 38.4 Å². The second kappa shape index (κ2) is 9.37. The summed E-state index contributed by atoms with van der Waals surface area (Å²) in [5.41, 5.74) is 4.71. The fraction of sp³-hybridized carbons (Fsp3) is 0.526. The highest BCUT2D eigenvalue weighted by atomic mass is 32.2. The summed E-state index contributed by atoms with van der Waals surface area (Å²) >= 11 is 1.16. The number of H-pyrrole nitrogens is 1. The molecule has 2 aromatic heterocycles. The summed E-state index contributed by atoms with van der Waals surface area (Å²) < 4.78 is 28.3. The number of hydrogen-bond acceptors (Lipinski definition) is 7. The van der Waals surface area contributed by atoms with Crippen LogP contribution in [0.25, 0.3) is 0 Å². The van der Waals surface area contributed by atoms with E-state index < -0.39 is 27.2 Å². The summed E-state index contributed by atoms with van der Waals surface area (Å²) in [5.74, 6) is -0.823. The van der Waals surface area contributed by atoms with Crippen molar-refractivity contribution in [3.8, 4) is 0 Å². The van der Waals surface area contributed by atoms with Gasteiger partial charge in [0, 0.05) is 32.6 Å². The monoisotopic (exact) mass is 469 g/mol. The van der Waals surface area contributed by atoms with E-state index in [1.165, 1.54) is 20.8 Å². The van der Waals surface area contributed by atoms with Crippen LogP contribution in [0.15, 0.2) is 31.3 Å². The molecule has 31 heavy (non-hydrogen) atoms. The Morgan fingerprint density at radius 3 is 2.58 bits per heavy atom. The van der Waals surface area contributed by atoms with Crippen molar-refractivity contribution >= 4 is 38.8 Å². The van der Waals surface area contributed by atoms with Crippen LogP contribution in [-0.2, 0) is 21.4 Å². The van der Waals surface area contributed by atoms with Crippen LogP contribution in [0.3, 0.4) is 0 Å². The molecule has 170 valence electrons. The zero-order chi connectivity index (χ0) is 22.8. The van der Waals surface area contributed by atoms with Crippen molar-refractivity contribution in [1.29, 1.82) is 0 Å². The third kappa shape index (κ3) is 4.60. The number of thiophene rings is 1. The average molecular weight is 470 g/mol. The van der Waals surface area contributed by atoms with Crippen LogP contribution in [0.1, 0.15) is 32.6 Å². The summed E-state index contributed by atoms with van der Waals surface area (Å²) in [6.07, 6.45) is 2.20. The van der Waals surface area contributed by atoms with E-state index in [4.69, 9.17) is 5.73 Å². The first-order valence-corrected chi connectivity index (χ1v) is 12.4. The van der Waals surface area contributed by atoms with Crippen LogP contribution in [-0.4, -0.2) is 48.3 Å². The molecule has 0 saturated carbocycles. The molecule has 3 N–H and O–H groups in total. The van der Waals surface area contributed by atoms with Gasteiger partial charge in [0.05, 0.1) is 0 Å². The molecule has 1 amide bonds. The van der Waals surface area contributed by atoms with Crippen molar-refractivity contribution in [2.24, 2.45) is 5.92 Å². The fourth-order valence-corrected chi connectivity index (χ4v) is 6.32. The highest BCUT2D eigenvalue weighted by molar-refractivity contribution is 7.91. The SMILES string of the molecule is CCCCn1c(N)c(N(C)C(=O)C2CCN(S(=O)(=O)c3cccs3)CC2)c(=O)[nH]c1=O. The molecule has 0 aliphatic carbocycles. The minimum absolute atomic E-state index is 0.0456. The average Bonchev–Trinajstić information content (AvgIpc) is 3.28. The number of anilines is 2. The number of unbranched alkanes of at least 4 members (excludes halogenated alkanes) is 1. The van der Waals surface area contributed by atoms with Gasteiger partial charge in [-0.15, -0.1) is 11.3 Å². The van der Waals surface area contributed by atoms with Gasteiger partial charge < -0.3 is 10.6 Å². The molecule has 1 saturated heterocycles. The number of piperidine rings is 1. The first-order valence-electron chi connectivity index (χ1n) is 10.1. The Kier molecular flexibility index (Phi) is 7.02. The van der Waals surface area contributed by atoms with Crippen molar-refractivity contribution < 1.29 is 13.2 Å². The largest absolute Gasteiger partial charge is 0.383 e. The van der Waals surface area contributed by atoms with Crippen LogP contribution in [0.2, 0.25) is 0 Å². The van der Waals surface area contributed by atoms with E-state index in [2.05, 4.69) is 4.98 Å². The van der Waals surface area contributed by atoms with E-state index >= 15 is 0 Å². The number of carbonyl (C=O) groups excluding carboxylic acids is 1. The number of hydrogen-bond donors (Lipinski definition) is 2. The Bertz CT molecular complexity index is 1150. The highest BCUT2D eigenvalue weighted by Crippen LogP contribution is 2.28. The van der Waals surface area contributed by atoms with Gasteiger partial charge in [0.25, 0.3) is 15.6 Å². The quantitative estimate of drug-likeness (QED) is 0.621. The zero-order valence-electron chi connectivity index (χ0n) is 17.5. The van der Waals surface area contributed by atoms with Gasteiger partial charge in [-0.2, -0.15) is 4.31 Å². The number of nitrogens with two attached hydrogens (primary N) is 1. The minimum atomic E-state index is -3.56. The van der Waals surface area contributed by atoms with Crippen molar-refractivity contribution in [1.82, 2.24) is 13.9 Å². The van der Waals surface area contributed by atoms with Crippen LogP contribution in [0.5, 0.6) is 0 Å². The summed E-state index contributed by atoms with van der Waals surface area (Å²) in [5, 5.41) is 1.71. The van der Waals surface area contributed by atoms with Crippen LogP contribution in [0, 0.1) is 5.92 Å². The maximum absolute atomic E-state index is 13.1. The lowest BCUT2D eigenvalue weighted by Gasteiger charge is -2.32. The van der Waals surface area contributed by atoms with Gasteiger partial charge in [0.2, 0.25) is 5.91 Å². The molecule has 0 atom stereocenters. The Balaban J connectivity index is 1.76. The fourth-order valence-electron chi connectivity index (χ4n) is 3.70. The predicted octanol–water partition coefficient (Wildman–Crippen LogP) is 1.04. The number of rotatable bonds is 7. The molecule has 0 aromatic carbocycles. The molecule has 1 fully saturated rings. The second-order valence-corrected chi connectivity index (χ2v) is 10.6. The van der Waals surface area contributed by atoms with Crippen molar-refractivity contribution in [2.45, 2.75) is 43.4 Å². The van der Waals surface area contributed by atoms with Gasteiger partial charge in [-0.05, 0) is 30.7 Å². The number of amides is 1. The van der Waals surface area contributed by atoms with Gasteiger partial charge in [-0.1, -0.05) is 19.4 Å². The number of aromatic nitrogens is 2. The van der Waals surface area contributed by atoms with Gasteiger partial charge in [0.15, 0.2) is 5.69 Å². The molecule has 0 unspecified atom stereocenters. The molecular formula is C19H27N5O5S2. The molecule has 3 heterocycles. The van der Waals surface area contributed by atoms with Crippen LogP contribution >= 0.6 is 11.3 Å². The number of nitrogen functional groups attached to an aromatic ring is 1. The lowest BCUT2D eigenvalue weighted by molar-refractivity contribution is -0.123. The molecule has 1 aliphatic rings. The number of aromatic amines is 1. The number of nitrogens with zero attached hydrogens (tertiary/aromatic N) is 3. The van der Waals surface area contributed by atoms with E-state index in [0.29, 0.717) is 25.8 Å². The normalized spacial score (nSPS) is 15.8. The second-order valence-electron chi connectivity index (χ2n) is 7.51. The van der Waals surface area contributed by atoms with Crippen molar-refractivity contribution in [2.75, 3.05) is 30.8 Å². The first kappa shape index (κ1) is 23.2.